The minimum absolute atomic E-state index is 0. The number of rotatable bonds is 5. The molecule has 0 unspecified atom stereocenters. The second-order valence-corrected chi connectivity index (χ2v) is 9.34. The van der Waals surface area contributed by atoms with Crippen LogP contribution >= 0.6 is 22.7 Å². The first-order valence-electron chi connectivity index (χ1n) is 10.4. The molecule has 2 aromatic carbocycles. The number of hydrogen-bond donors (Lipinski definition) is 0. The first kappa shape index (κ1) is 22.4. The van der Waals surface area contributed by atoms with Gasteiger partial charge in [0.15, 0.2) is 11.9 Å². The second kappa shape index (κ2) is 9.10. The molecule has 0 spiro atoms. The van der Waals surface area contributed by atoms with Gasteiger partial charge in [-0.2, -0.15) is 0 Å². The summed E-state index contributed by atoms with van der Waals surface area (Å²) < 4.78 is 15.0. The third-order valence-electron chi connectivity index (χ3n) is 5.73. The van der Waals surface area contributed by atoms with E-state index in [0.29, 0.717) is 0 Å². The lowest BCUT2D eigenvalue weighted by Crippen LogP contribution is -3.00. The Morgan fingerprint density at radius 3 is 2.21 bits per heavy atom. The first-order valence-corrected chi connectivity index (χ1v) is 12.2. The van der Waals surface area contributed by atoms with Crippen LogP contribution in [0.15, 0.2) is 88.8 Å². The maximum atomic E-state index is 5.32. The Kier molecular flexibility index (Phi) is 6.00. The molecule has 0 aliphatic carbocycles. The van der Waals surface area contributed by atoms with Gasteiger partial charge in [0.25, 0.3) is 5.01 Å². The highest BCUT2D eigenvalue weighted by atomic mass is 35.5. The molecular formula is C26H20ClN3O2S2. The summed E-state index contributed by atoms with van der Waals surface area (Å²) in [7, 11) is 3.37. The van der Waals surface area contributed by atoms with Crippen molar-refractivity contribution in [3.8, 4) is 22.8 Å². The number of methoxy groups -OCH3 is 2. The van der Waals surface area contributed by atoms with Crippen LogP contribution in [0.5, 0.6) is 11.5 Å². The van der Waals surface area contributed by atoms with Crippen LogP contribution in [0.1, 0.15) is 10.6 Å². The summed E-state index contributed by atoms with van der Waals surface area (Å²) in [6.45, 7) is 0. The summed E-state index contributed by atoms with van der Waals surface area (Å²) >= 11 is 3.40. The number of aliphatic imine (C=N–C) groups is 1. The summed E-state index contributed by atoms with van der Waals surface area (Å²) in [5.41, 5.74) is 6.43. The van der Waals surface area contributed by atoms with Crippen molar-refractivity contribution in [1.29, 1.82) is 0 Å². The molecule has 0 fully saturated rings. The molecule has 5 nitrogen and oxygen atoms in total. The lowest BCUT2D eigenvalue weighted by atomic mass is 10.1. The van der Waals surface area contributed by atoms with Gasteiger partial charge in [0, 0.05) is 23.2 Å². The van der Waals surface area contributed by atoms with Crippen LogP contribution in [0.2, 0.25) is 0 Å². The van der Waals surface area contributed by atoms with Gasteiger partial charge in [0.2, 0.25) is 5.70 Å². The van der Waals surface area contributed by atoms with Crippen molar-refractivity contribution >= 4 is 44.6 Å². The van der Waals surface area contributed by atoms with Crippen LogP contribution in [-0.4, -0.2) is 24.3 Å². The van der Waals surface area contributed by atoms with E-state index in [9.17, 15) is 0 Å². The normalized spacial score (nSPS) is 13.6. The molecule has 0 radical (unpaired) electrons. The molecule has 0 atom stereocenters. The molecule has 4 heterocycles. The highest BCUT2D eigenvalue weighted by Crippen LogP contribution is 2.36. The van der Waals surface area contributed by atoms with E-state index < -0.39 is 0 Å². The number of nitrogens with zero attached hydrogens (tertiary/aromatic N) is 3. The van der Waals surface area contributed by atoms with Gasteiger partial charge in [-0.3, -0.25) is 0 Å². The minimum Gasteiger partial charge on any atom is -1.00 e. The predicted molar refractivity (Wildman–Crippen MR) is 134 cm³/mol. The van der Waals surface area contributed by atoms with Gasteiger partial charge in [0.1, 0.15) is 22.0 Å². The molecule has 1 aliphatic rings. The van der Waals surface area contributed by atoms with Crippen molar-refractivity contribution < 1.29 is 26.4 Å². The van der Waals surface area contributed by atoms with Crippen LogP contribution in [0.3, 0.4) is 0 Å². The van der Waals surface area contributed by atoms with Crippen molar-refractivity contribution in [2.24, 2.45) is 4.99 Å². The van der Waals surface area contributed by atoms with E-state index in [2.05, 4.69) is 68.5 Å². The van der Waals surface area contributed by atoms with Gasteiger partial charge in [-0.05, 0) is 60.2 Å². The molecule has 170 valence electrons. The Hall–Kier alpha value is -3.39. The maximum absolute atomic E-state index is 5.32. The average Bonchev–Trinajstić information content (AvgIpc) is 3.63. The van der Waals surface area contributed by atoms with E-state index in [0.717, 1.165) is 55.3 Å². The van der Waals surface area contributed by atoms with Gasteiger partial charge < -0.3 is 26.3 Å². The van der Waals surface area contributed by atoms with Gasteiger partial charge >= 0.3 is 0 Å². The van der Waals surface area contributed by atoms with Crippen LogP contribution in [0, 0.1) is 0 Å². The molecule has 0 N–H and O–H groups in total. The number of fused-ring (bicyclic) bond motifs is 2. The van der Waals surface area contributed by atoms with Crippen LogP contribution < -0.4 is 26.4 Å². The summed E-state index contributed by atoms with van der Waals surface area (Å²) in [5.74, 6) is 1.70. The van der Waals surface area contributed by atoms with E-state index in [4.69, 9.17) is 14.5 Å². The Balaban J connectivity index is 0.00000241. The number of thiazole rings is 2. The van der Waals surface area contributed by atoms with Crippen LogP contribution in [-0.2, 0) is 0 Å². The molecular weight excluding hydrogens is 486 g/mol. The summed E-state index contributed by atoms with van der Waals surface area (Å²) in [4.78, 5) is 6.26. The number of aromatic nitrogens is 2. The molecule has 0 saturated heterocycles. The van der Waals surface area contributed by atoms with Crippen molar-refractivity contribution in [2.45, 2.75) is 0 Å². The fourth-order valence-electron chi connectivity index (χ4n) is 4.09. The van der Waals surface area contributed by atoms with Crippen molar-refractivity contribution in [2.75, 3.05) is 14.2 Å². The molecule has 6 rings (SSSR count). The molecule has 1 aliphatic heterocycles. The van der Waals surface area contributed by atoms with E-state index >= 15 is 0 Å². The molecule has 0 saturated carbocycles. The molecule has 0 amide bonds. The number of ether oxygens (including phenoxy) is 2. The summed E-state index contributed by atoms with van der Waals surface area (Å²) in [6.07, 6.45) is 6.36. The zero-order valence-corrected chi connectivity index (χ0v) is 20.8. The summed E-state index contributed by atoms with van der Waals surface area (Å²) in [6, 6.07) is 18.4. The smallest absolute Gasteiger partial charge is 0.293 e. The fourth-order valence-corrected chi connectivity index (χ4v) is 5.71. The molecule has 3 aromatic heterocycles. The van der Waals surface area contributed by atoms with E-state index in [-0.39, 0.29) is 12.4 Å². The lowest BCUT2D eigenvalue weighted by molar-refractivity contribution is -0.571. The third kappa shape index (κ3) is 3.72. The Labute approximate surface area is 211 Å². The van der Waals surface area contributed by atoms with Gasteiger partial charge in [-0.1, -0.05) is 11.3 Å². The standard InChI is InChI=1S/C26H20N3O2S2.ClH/c1-30-19-7-3-17(4-8-19)23-15-21(25-28(23)11-13-32-25)27-22-16-24(29-12-14-33-26(22)29)18-5-9-20(31-2)10-6-18;/h3-16H,1-2H3;1H/q+1;/p-1. The molecule has 5 aromatic rings. The SMILES string of the molecule is COc1ccc(C2=CC(=Nc3cc(-c4ccc(OC)cc4)n4ccsc34)c3scc[n+]32)cc1.[Cl-]. The average molecular weight is 506 g/mol. The van der Waals surface area contributed by atoms with Crippen LogP contribution in [0.25, 0.3) is 21.8 Å². The first-order chi connectivity index (χ1) is 16.2. The highest BCUT2D eigenvalue weighted by molar-refractivity contribution is 7.16. The Morgan fingerprint density at radius 1 is 0.853 bits per heavy atom. The monoisotopic (exact) mass is 505 g/mol. The van der Waals surface area contributed by atoms with E-state index in [1.165, 1.54) is 0 Å². The minimum atomic E-state index is 0. The van der Waals surface area contributed by atoms with E-state index in [1.54, 1.807) is 36.9 Å². The lowest BCUT2D eigenvalue weighted by Gasteiger charge is -2.02. The number of hydrogen-bond acceptors (Lipinski definition) is 5. The topological polar surface area (TPSA) is 39.1 Å². The number of benzene rings is 2. The van der Waals surface area contributed by atoms with Crippen molar-refractivity contribution in [3.63, 3.8) is 0 Å². The predicted octanol–water partition coefficient (Wildman–Crippen LogP) is 3.06. The van der Waals surface area contributed by atoms with Gasteiger partial charge in [-0.15, -0.1) is 15.9 Å². The quantitative estimate of drug-likeness (QED) is 0.344. The second-order valence-electron chi connectivity index (χ2n) is 7.55. The largest absolute Gasteiger partial charge is 1.00 e. The fraction of sp³-hybridized carbons (Fsp3) is 0.0769. The molecule has 34 heavy (non-hydrogen) atoms. The number of halogens is 1. The zero-order valence-electron chi connectivity index (χ0n) is 18.4. The van der Waals surface area contributed by atoms with Gasteiger partial charge in [0.05, 0.1) is 25.3 Å². The Bertz CT molecular complexity index is 1530. The van der Waals surface area contributed by atoms with Gasteiger partial charge in [-0.25, -0.2) is 4.99 Å². The molecule has 8 heteroatoms. The van der Waals surface area contributed by atoms with Crippen molar-refractivity contribution in [3.05, 3.63) is 94.4 Å². The summed E-state index contributed by atoms with van der Waals surface area (Å²) in [5, 5.41) is 5.33. The third-order valence-corrected chi connectivity index (χ3v) is 7.51. The van der Waals surface area contributed by atoms with Crippen molar-refractivity contribution in [1.82, 2.24) is 4.40 Å². The molecule has 0 bridgehead atoms. The highest BCUT2D eigenvalue weighted by Gasteiger charge is 2.31. The zero-order chi connectivity index (χ0) is 22.4. The number of allylic oxidation sites excluding steroid dienone is 1. The maximum Gasteiger partial charge on any atom is 0.293 e. The van der Waals surface area contributed by atoms with E-state index in [1.807, 2.05) is 24.3 Å². The Morgan fingerprint density at radius 2 is 1.53 bits per heavy atom. The van der Waals surface area contributed by atoms with Crippen LogP contribution in [0.4, 0.5) is 5.69 Å².